The lowest BCUT2D eigenvalue weighted by Gasteiger charge is -2.18. The fourth-order valence-corrected chi connectivity index (χ4v) is 2.30. The number of primary amides is 1. The predicted molar refractivity (Wildman–Crippen MR) is 83.6 cm³/mol. The van der Waals surface area contributed by atoms with Crippen molar-refractivity contribution in [1.82, 2.24) is 5.32 Å². The molecule has 0 unspecified atom stereocenters. The predicted octanol–water partition coefficient (Wildman–Crippen LogP) is 1.49. The van der Waals surface area contributed by atoms with Crippen LogP contribution in [0.25, 0.3) is 0 Å². The molecule has 0 atom stereocenters. The number of hydrogen-bond donors (Lipinski definition) is 2. The Morgan fingerprint density at radius 1 is 1.00 bits per heavy atom. The minimum absolute atomic E-state index is 0.230. The standard InChI is InChI=1S/C17H16N2O4/c18-16(20)12-3-1-2-11(8-12)10-19-17(21)13-4-5-14-15(9-13)23-7-6-22-14/h1-5,8-9H,6-7,10H2,(H2,18,20)(H,19,21). The van der Waals surface area contributed by atoms with Crippen LogP contribution in [-0.2, 0) is 6.54 Å². The molecule has 0 saturated carbocycles. The van der Waals surface area contributed by atoms with Crippen LogP contribution in [0.2, 0.25) is 0 Å². The van der Waals surface area contributed by atoms with E-state index in [1.54, 1.807) is 36.4 Å². The molecule has 6 heteroatoms. The first kappa shape index (κ1) is 14.9. The van der Waals surface area contributed by atoms with Gasteiger partial charge in [-0.05, 0) is 35.9 Å². The number of carbonyl (C=O) groups is 2. The van der Waals surface area contributed by atoms with Crippen molar-refractivity contribution in [2.75, 3.05) is 13.2 Å². The number of benzene rings is 2. The minimum atomic E-state index is -0.495. The topological polar surface area (TPSA) is 90.7 Å². The zero-order chi connectivity index (χ0) is 16.2. The van der Waals surface area contributed by atoms with Gasteiger partial charge in [0.1, 0.15) is 13.2 Å². The molecule has 1 aliphatic rings. The van der Waals surface area contributed by atoms with E-state index in [-0.39, 0.29) is 5.91 Å². The Bertz CT molecular complexity index is 758. The van der Waals surface area contributed by atoms with Crippen molar-refractivity contribution in [3.8, 4) is 11.5 Å². The van der Waals surface area contributed by atoms with Crippen molar-refractivity contribution in [3.05, 3.63) is 59.2 Å². The first-order valence-electron chi connectivity index (χ1n) is 7.20. The van der Waals surface area contributed by atoms with Crippen LogP contribution in [0.4, 0.5) is 0 Å². The average molecular weight is 312 g/mol. The van der Waals surface area contributed by atoms with Crippen LogP contribution in [0.3, 0.4) is 0 Å². The second-order valence-electron chi connectivity index (χ2n) is 5.11. The molecule has 0 fully saturated rings. The van der Waals surface area contributed by atoms with Crippen molar-refractivity contribution in [2.24, 2.45) is 5.73 Å². The third-order valence-electron chi connectivity index (χ3n) is 3.47. The summed E-state index contributed by atoms with van der Waals surface area (Å²) in [6, 6.07) is 11.9. The number of fused-ring (bicyclic) bond motifs is 1. The second kappa shape index (κ2) is 6.39. The van der Waals surface area contributed by atoms with Crippen molar-refractivity contribution in [1.29, 1.82) is 0 Å². The summed E-state index contributed by atoms with van der Waals surface area (Å²) in [6.07, 6.45) is 0. The molecule has 1 heterocycles. The summed E-state index contributed by atoms with van der Waals surface area (Å²) in [5.74, 6) is 0.484. The van der Waals surface area contributed by atoms with Gasteiger partial charge in [-0.1, -0.05) is 12.1 Å². The molecule has 0 aliphatic carbocycles. The van der Waals surface area contributed by atoms with E-state index in [4.69, 9.17) is 15.2 Å². The smallest absolute Gasteiger partial charge is 0.251 e. The first-order chi connectivity index (χ1) is 11.1. The summed E-state index contributed by atoms with van der Waals surface area (Å²) in [6.45, 7) is 1.28. The Balaban J connectivity index is 1.67. The fraction of sp³-hybridized carbons (Fsp3) is 0.176. The second-order valence-corrected chi connectivity index (χ2v) is 5.11. The molecule has 23 heavy (non-hydrogen) atoms. The highest BCUT2D eigenvalue weighted by atomic mass is 16.6. The molecule has 3 rings (SSSR count). The maximum atomic E-state index is 12.2. The Morgan fingerprint density at radius 2 is 1.78 bits per heavy atom. The van der Waals surface area contributed by atoms with E-state index in [1.165, 1.54) is 0 Å². The normalized spacial score (nSPS) is 12.5. The number of ether oxygens (including phenoxy) is 2. The highest BCUT2D eigenvalue weighted by molar-refractivity contribution is 5.95. The number of nitrogens with two attached hydrogens (primary N) is 1. The van der Waals surface area contributed by atoms with Crippen LogP contribution in [0.1, 0.15) is 26.3 Å². The first-order valence-corrected chi connectivity index (χ1v) is 7.20. The lowest BCUT2D eigenvalue weighted by Crippen LogP contribution is -2.23. The van der Waals surface area contributed by atoms with Gasteiger partial charge in [0.15, 0.2) is 11.5 Å². The Kier molecular flexibility index (Phi) is 4.14. The van der Waals surface area contributed by atoms with Crippen LogP contribution in [-0.4, -0.2) is 25.0 Å². The van der Waals surface area contributed by atoms with Gasteiger partial charge in [0.25, 0.3) is 5.91 Å². The third-order valence-corrected chi connectivity index (χ3v) is 3.47. The SMILES string of the molecule is NC(=O)c1cccc(CNC(=O)c2ccc3c(c2)OCCO3)c1. The van der Waals surface area contributed by atoms with Gasteiger partial charge in [-0.15, -0.1) is 0 Å². The van der Waals surface area contributed by atoms with Gasteiger partial charge < -0.3 is 20.5 Å². The van der Waals surface area contributed by atoms with Gasteiger partial charge in [0.2, 0.25) is 5.91 Å². The summed E-state index contributed by atoms with van der Waals surface area (Å²) in [7, 11) is 0. The molecule has 0 saturated heterocycles. The quantitative estimate of drug-likeness (QED) is 0.895. The molecule has 2 aromatic carbocycles. The largest absolute Gasteiger partial charge is 0.486 e. The Hall–Kier alpha value is -3.02. The average Bonchev–Trinajstić information content (AvgIpc) is 2.59. The van der Waals surface area contributed by atoms with E-state index in [9.17, 15) is 9.59 Å². The van der Waals surface area contributed by atoms with Crippen molar-refractivity contribution in [3.63, 3.8) is 0 Å². The summed E-state index contributed by atoms with van der Waals surface area (Å²) >= 11 is 0. The van der Waals surface area contributed by atoms with Crippen molar-refractivity contribution in [2.45, 2.75) is 6.54 Å². The van der Waals surface area contributed by atoms with Crippen LogP contribution < -0.4 is 20.5 Å². The van der Waals surface area contributed by atoms with Gasteiger partial charge in [0.05, 0.1) is 0 Å². The molecule has 0 aromatic heterocycles. The molecule has 118 valence electrons. The molecule has 6 nitrogen and oxygen atoms in total. The van der Waals surface area contributed by atoms with E-state index in [2.05, 4.69) is 5.32 Å². The molecule has 0 radical (unpaired) electrons. The molecule has 1 aliphatic heterocycles. The lowest BCUT2D eigenvalue weighted by atomic mass is 10.1. The zero-order valence-electron chi connectivity index (χ0n) is 12.4. The van der Waals surface area contributed by atoms with E-state index >= 15 is 0 Å². The molecule has 0 spiro atoms. The maximum absolute atomic E-state index is 12.2. The van der Waals surface area contributed by atoms with Crippen LogP contribution in [0.15, 0.2) is 42.5 Å². The van der Waals surface area contributed by atoms with Crippen LogP contribution in [0, 0.1) is 0 Å². The monoisotopic (exact) mass is 312 g/mol. The van der Waals surface area contributed by atoms with Crippen molar-refractivity contribution >= 4 is 11.8 Å². The van der Waals surface area contributed by atoms with E-state index in [0.29, 0.717) is 42.4 Å². The third kappa shape index (κ3) is 3.42. The number of nitrogens with one attached hydrogen (secondary N) is 1. The molecular weight excluding hydrogens is 296 g/mol. The van der Waals surface area contributed by atoms with E-state index in [1.807, 2.05) is 6.07 Å². The molecule has 2 aromatic rings. The molecule has 2 amide bonds. The van der Waals surface area contributed by atoms with Crippen molar-refractivity contribution < 1.29 is 19.1 Å². The zero-order valence-corrected chi connectivity index (χ0v) is 12.4. The summed E-state index contributed by atoms with van der Waals surface area (Å²) < 4.78 is 10.9. The lowest BCUT2D eigenvalue weighted by molar-refractivity contribution is 0.0949. The number of hydrogen-bond acceptors (Lipinski definition) is 4. The highest BCUT2D eigenvalue weighted by Crippen LogP contribution is 2.30. The van der Waals surface area contributed by atoms with Gasteiger partial charge in [0, 0.05) is 17.7 Å². The maximum Gasteiger partial charge on any atom is 0.251 e. The summed E-state index contributed by atoms with van der Waals surface area (Å²) in [5.41, 5.74) is 6.94. The van der Waals surface area contributed by atoms with Gasteiger partial charge in [-0.25, -0.2) is 0 Å². The Morgan fingerprint density at radius 3 is 2.57 bits per heavy atom. The minimum Gasteiger partial charge on any atom is -0.486 e. The summed E-state index contributed by atoms with van der Waals surface area (Å²) in [5, 5.41) is 2.80. The van der Waals surface area contributed by atoms with Crippen LogP contribution >= 0.6 is 0 Å². The number of amides is 2. The Labute approximate surface area is 133 Å². The highest BCUT2D eigenvalue weighted by Gasteiger charge is 2.14. The number of rotatable bonds is 4. The molecule has 0 bridgehead atoms. The van der Waals surface area contributed by atoms with Gasteiger partial charge in [-0.3, -0.25) is 9.59 Å². The fourth-order valence-electron chi connectivity index (χ4n) is 2.30. The van der Waals surface area contributed by atoms with Gasteiger partial charge in [-0.2, -0.15) is 0 Å². The molecule has 3 N–H and O–H groups in total. The van der Waals surface area contributed by atoms with Crippen LogP contribution in [0.5, 0.6) is 11.5 Å². The summed E-state index contributed by atoms with van der Waals surface area (Å²) in [4.78, 5) is 23.4. The van der Waals surface area contributed by atoms with E-state index < -0.39 is 5.91 Å². The number of carbonyl (C=O) groups excluding carboxylic acids is 2. The van der Waals surface area contributed by atoms with Gasteiger partial charge >= 0.3 is 0 Å². The van der Waals surface area contributed by atoms with E-state index in [0.717, 1.165) is 5.56 Å². The molecular formula is C17H16N2O4.